The van der Waals surface area contributed by atoms with Crippen molar-refractivity contribution < 1.29 is 9.18 Å². The molecule has 1 aliphatic rings. The van der Waals surface area contributed by atoms with E-state index in [0.29, 0.717) is 12.4 Å². The van der Waals surface area contributed by atoms with E-state index < -0.39 is 11.8 Å². The zero-order valence-corrected chi connectivity index (χ0v) is 16.4. The van der Waals surface area contributed by atoms with E-state index in [4.69, 9.17) is 4.98 Å². The van der Waals surface area contributed by atoms with Crippen LogP contribution >= 0.6 is 0 Å². The molecule has 0 spiro atoms. The van der Waals surface area contributed by atoms with E-state index in [1.165, 1.54) is 12.3 Å². The zero-order valence-electron chi connectivity index (χ0n) is 16.4. The monoisotopic (exact) mass is 391 g/mol. The van der Waals surface area contributed by atoms with Crippen molar-refractivity contribution in [2.24, 2.45) is 0 Å². The molecule has 0 radical (unpaired) electrons. The molecule has 0 unspecified atom stereocenters. The van der Waals surface area contributed by atoms with Crippen LogP contribution in [0.3, 0.4) is 0 Å². The molecule has 0 bridgehead atoms. The van der Waals surface area contributed by atoms with Crippen molar-refractivity contribution in [2.45, 2.75) is 13.3 Å². The van der Waals surface area contributed by atoms with Crippen LogP contribution in [-0.4, -0.2) is 36.1 Å². The highest BCUT2D eigenvalue weighted by atomic mass is 19.1. The van der Waals surface area contributed by atoms with Gasteiger partial charge in [0.2, 0.25) is 0 Å². The standard InChI is InChI=1S/C22H22FN5O/c1-15-5-3-6-16(13-15)18-7-8-20-21(25-18)28(12-4-11-27(20)2)22(29)26-19-9-10-24-14-17(19)23/h3,5-10,13-14H,4,11-12H2,1-2H3,(H,24,26,29). The van der Waals surface area contributed by atoms with Crippen LogP contribution in [0.25, 0.3) is 11.3 Å². The first-order chi connectivity index (χ1) is 14.0. The van der Waals surface area contributed by atoms with Crippen molar-refractivity contribution >= 4 is 23.2 Å². The van der Waals surface area contributed by atoms with Gasteiger partial charge in [0.05, 0.1) is 23.3 Å². The Morgan fingerprint density at radius 1 is 1.17 bits per heavy atom. The quantitative estimate of drug-likeness (QED) is 0.700. The molecule has 0 saturated heterocycles. The van der Waals surface area contributed by atoms with Gasteiger partial charge in [0, 0.05) is 31.9 Å². The number of aromatic nitrogens is 2. The molecule has 1 aliphatic heterocycles. The summed E-state index contributed by atoms with van der Waals surface area (Å²) in [6, 6.07) is 13.1. The van der Waals surface area contributed by atoms with Gasteiger partial charge in [-0.1, -0.05) is 23.8 Å². The first kappa shape index (κ1) is 18.9. The predicted molar refractivity (Wildman–Crippen MR) is 113 cm³/mol. The third kappa shape index (κ3) is 3.89. The molecule has 3 heterocycles. The molecule has 0 atom stereocenters. The molecule has 2 amide bonds. The second-order valence-electron chi connectivity index (χ2n) is 7.12. The summed E-state index contributed by atoms with van der Waals surface area (Å²) in [6.07, 6.45) is 3.30. The average Bonchev–Trinajstić information content (AvgIpc) is 2.88. The minimum Gasteiger partial charge on any atom is -0.372 e. The Balaban J connectivity index is 1.73. The summed E-state index contributed by atoms with van der Waals surface area (Å²) in [5.41, 5.74) is 3.87. The van der Waals surface area contributed by atoms with Gasteiger partial charge in [-0.25, -0.2) is 14.2 Å². The van der Waals surface area contributed by atoms with Crippen LogP contribution in [-0.2, 0) is 0 Å². The lowest BCUT2D eigenvalue weighted by Gasteiger charge is -2.24. The number of hydrogen-bond acceptors (Lipinski definition) is 4. The van der Waals surface area contributed by atoms with Gasteiger partial charge in [0.15, 0.2) is 11.6 Å². The molecule has 6 nitrogen and oxygen atoms in total. The summed E-state index contributed by atoms with van der Waals surface area (Å²) < 4.78 is 14.0. The first-order valence-corrected chi connectivity index (χ1v) is 9.50. The van der Waals surface area contributed by atoms with E-state index >= 15 is 0 Å². The van der Waals surface area contributed by atoms with Crippen LogP contribution in [0.5, 0.6) is 0 Å². The van der Waals surface area contributed by atoms with Gasteiger partial charge < -0.3 is 10.2 Å². The highest BCUT2D eigenvalue weighted by molar-refractivity contribution is 6.03. The van der Waals surface area contributed by atoms with E-state index in [-0.39, 0.29) is 5.69 Å². The minimum atomic E-state index is -0.575. The molecule has 1 aromatic carbocycles. The minimum absolute atomic E-state index is 0.0963. The Hall–Kier alpha value is -3.48. The third-order valence-corrected chi connectivity index (χ3v) is 4.97. The fraction of sp³-hybridized carbons (Fsp3) is 0.227. The number of carbonyl (C=O) groups excluding carboxylic acids is 1. The summed E-state index contributed by atoms with van der Waals surface area (Å²) in [6.45, 7) is 3.32. The SMILES string of the molecule is Cc1cccc(-c2ccc3c(n2)N(C(=O)Nc2ccncc2F)CCCN3C)c1. The Labute approximate surface area is 169 Å². The fourth-order valence-corrected chi connectivity index (χ4v) is 3.45. The van der Waals surface area contributed by atoms with Crippen LogP contribution in [0, 0.1) is 12.7 Å². The maximum Gasteiger partial charge on any atom is 0.327 e. The summed E-state index contributed by atoms with van der Waals surface area (Å²) in [4.78, 5) is 25.2. The van der Waals surface area contributed by atoms with E-state index in [1.54, 1.807) is 4.90 Å². The number of aryl methyl sites for hydroxylation is 1. The number of urea groups is 1. The van der Waals surface area contributed by atoms with E-state index in [2.05, 4.69) is 21.3 Å². The smallest absolute Gasteiger partial charge is 0.327 e. The molecule has 0 fully saturated rings. The van der Waals surface area contributed by atoms with Crippen LogP contribution in [0.4, 0.5) is 26.4 Å². The Morgan fingerprint density at radius 2 is 2.03 bits per heavy atom. The number of halogens is 1. The van der Waals surface area contributed by atoms with Crippen molar-refractivity contribution in [2.75, 3.05) is 35.3 Å². The number of nitrogens with one attached hydrogen (secondary N) is 1. The average molecular weight is 391 g/mol. The van der Waals surface area contributed by atoms with Crippen molar-refractivity contribution in [1.29, 1.82) is 0 Å². The van der Waals surface area contributed by atoms with Gasteiger partial charge in [0.1, 0.15) is 0 Å². The Morgan fingerprint density at radius 3 is 2.83 bits per heavy atom. The maximum atomic E-state index is 14.0. The number of rotatable bonds is 2. The molecule has 148 valence electrons. The number of nitrogens with zero attached hydrogens (tertiary/aromatic N) is 4. The normalized spacial score (nSPS) is 13.6. The first-order valence-electron chi connectivity index (χ1n) is 9.50. The van der Waals surface area contributed by atoms with Gasteiger partial charge in [-0.05, 0) is 37.6 Å². The molecule has 4 rings (SSSR count). The summed E-state index contributed by atoms with van der Waals surface area (Å²) in [7, 11) is 1.98. The van der Waals surface area contributed by atoms with Gasteiger partial charge in [-0.2, -0.15) is 0 Å². The predicted octanol–water partition coefficient (Wildman–Crippen LogP) is 4.47. The molecule has 2 aromatic heterocycles. The fourth-order valence-electron chi connectivity index (χ4n) is 3.45. The molecule has 1 N–H and O–H groups in total. The van der Waals surface area contributed by atoms with Gasteiger partial charge in [-0.15, -0.1) is 0 Å². The third-order valence-electron chi connectivity index (χ3n) is 4.97. The van der Waals surface area contributed by atoms with E-state index in [9.17, 15) is 9.18 Å². The second-order valence-corrected chi connectivity index (χ2v) is 7.12. The number of benzene rings is 1. The van der Waals surface area contributed by atoms with Gasteiger partial charge in [0.25, 0.3) is 0 Å². The summed E-state index contributed by atoms with van der Waals surface area (Å²) in [5.74, 6) is -0.00884. The topological polar surface area (TPSA) is 61.4 Å². The number of fused-ring (bicyclic) bond motifs is 1. The van der Waals surface area contributed by atoms with E-state index in [0.717, 1.165) is 41.7 Å². The molecule has 29 heavy (non-hydrogen) atoms. The lowest BCUT2D eigenvalue weighted by Crippen LogP contribution is -2.36. The molecular formula is C22H22FN5O. The van der Waals surface area contributed by atoms with Crippen molar-refractivity contribution in [3.8, 4) is 11.3 Å². The number of pyridine rings is 2. The van der Waals surface area contributed by atoms with Crippen molar-refractivity contribution in [1.82, 2.24) is 9.97 Å². The Kier molecular flexibility index (Phi) is 5.12. The number of hydrogen-bond donors (Lipinski definition) is 1. The summed E-state index contributed by atoms with van der Waals surface area (Å²) >= 11 is 0. The van der Waals surface area contributed by atoms with Crippen LogP contribution < -0.4 is 15.1 Å². The lowest BCUT2D eigenvalue weighted by molar-refractivity contribution is 0.256. The van der Waals surface area contributed by atoms with Crippen LogP contribution in [0.1, 0.15) is 12.0 Å². The maximum absolute atomic E-state index is 14.0. The summed E-state index contributed by atoms with van der Waals surface area (Å²) in [5, 5.41) is 2.65. The number of carbonyl (C=O) groups is 1. The highest BCUT2D eigenvalue weighted by Gasteiger charge is 2.26. The molecule has 0 aliphatic carbocycles. The molecular weight excluding hydrogens is 369 g/mol. The number of amides is 2. The van der Waals surface area contributed by atoms with Crippen LogP contribution in [0.2, 0.25) is 0 Å². The largest absolute Gasteiger partial charge is 0.372 e. The van der Waals surface area contributed by atoms with Crippen molar-refractivity contribution in [3.05, 3.63) is 66.2 Å². The van der Waals surface area contributed by atoms with Gasteiger partial charge in [-0.3, -0.25) is 9.88 Å². The van der Waals surface area contributed by atoms with Gasteiger partial charge >= 0.3 is 6.03 Å². The second kappa shape index (κ2) is 7.87. The molecule has 3 aromatic rings. The van der Waals surface area contributed by atoms with E-state index in [1.807, 2.05) is 44.3 Å². The van der Waals surface area contributed by atoms with Crippen LogP contribution in [0.15, 0.2) is 54.9 Å². The lowest BCUT2D eigenvalue weighted by atomic mass is 10.1. The zero-order chi connectivity index (χ0) is 20.4. The Bertz CT molecular complexity index is 1050. The molecule has 7 heteroatoms. The number of anilines is 3. The highest BCUT2D eigenvalue weighted by Crippen LogP contribution is 2.33. The van der Waals surface area contributed by atoms with Crippen molar-refractivity contribution in [3.63, 3.8) is 0 Å². The molecule has 0 saturated carbocycles.